The van der Waals surface area contributed by atoms with Crippen LogP contribution in [0.4, 0.5) is 5.82 Å². The van der Waals surface area contributed by atoms with Crippen LogP contribution in [0, 0.1) is 0 Å². The molecule has 200 valence electrons. The lowest BCUT2D eigenvalue weighted by Crippen LogP contribution is -2.40. The Hall–Kier alpha value is -2.85. The van der Waals surface area contributed by atoms with Crippen molar-refractivity contribution >= 4 is 56.8 Å². The average Bonchev–Trinajstić information content (AvgIpc) is 2.88. The highest BCUT2D eigenvalue weighted by atomic mass is 79.9. The Kier molecular flexibility index (Phi) is 9.49. The summed E-state index contributed by atoms with van der Waals surface area (Å²) in [4.78, 5) is 33.2. The van der Waals surface area contributed by atoms with Gasteiger partial charge in [-0.25, -0.2) is 4.98 Å². The van der Waals surface area contributed by atoms with Gasteiger partial charge in [0.1, 0.15) is 17.3 Å². The van der Waals surface area contributed by atoms with Crippen molar-refractivity contribution in [2.24, 2.45) is 0 Å². The van der Waals surface area contributed by atoms with Crippen molar-refractivity contribution in [3.8, 4) is 11.5 Å². The average molecular weight is 622 g/mol. The van der Waals surface area contributed by atoms with E-state index in [9.17, 15) is 14.7 Å². The van der Waals surface area contributed by atoms with E-state index >= 15 is 0 Å². The number of carbonyl (C=O) groups excluding carboxylic acids is 2. The van der Waals surface area contributed by atoms with E-state index in [1.165, 1.54) is 4.90 Å². The van der Waals surface area contributed by atoms with E-state index in [2.05, 4.69) is 26.2 Å². The van der Waals surface area contributed by atoms with Crippen molar-refractivity contribution in [3.63, 3.8) is 0 Å². The summed E-state index contributed by atoms with van der Waals surface area (Å²) in [5.41, 5.74) is 1.50. The van der Waals surface area contributed by atoms with Gasteiger partial charge >= 0.3 is 11.8 Å². The molecule has 2 amide bonds. The largest absolute Gasteiger partial charge is 0.457 e. The quantitative estimate of drug-likeness (QED) is 0.353. The lowest BCUT2D eigenvalue weighted by Gasteiger charge is -2.31. The topological polar surface area (TPSA) is 95.0 Å². The maximum atomic E-state index is 12.8. The molecule has 1 saturated heterocycles. The smallest absolute Gasteiger partial charge is 0.311 e. The fourth-order valence-electron chi connectivity index (χ4n) is 4.13. The summed E-state index contributed by atoms with van der Waals surface area (Å²) in [5.74, 6) is 0.274. The molecule has 3 aromatic rings. The first-order chi connectivity index (χ1) is 18.2. The zero-order valence-corrected chi connectivity index (χ0v) is 23.8. The highest BCUT2D eigenvalue weighted by Crippen LogP contribution is 2.32. The normalized spacial score (nSPS) is 15.2. The molecule has 0 radical (unpaired) electrons. The van der Waals surface area contributed by atoms with Crippen molar-refractivity contribution in [2.75, 3.05) is 25.0 Å². The Morgan fingerprint density at radius 1 is 1.18 bits per heavy atom. The first-order valence-corrected chi connectivity index (χ1v) is 13.6. The third-order valence-electron chi connectivity index (χ3n) is 6.03. The first-order valence-electron chi connectivity index (χ1n) is 12.0. The zero-order chi connectivity index (χ0) is 27.2. The lowest BCUT2D eigenvalue weighted by molar-refractivity contribution is -0.145. The summed E-state index contributed by atoms with van der Waals surface area (Å²) in [6.07, 6.45) is 2.96. The number of β-amino-alcohol motifs (C(OH)–C–C–N with tert-alkyl or cyclic N) is 1. The Morgan fingerprint density at radius 2 is 1.95 bits per heavy atom. The molecule has 2 N–H and O–H groups in total. The molecule has 1 aliphatic heterocycles. The van der Waals surface area contributed by atoms with Crippen molar-refractivity contribution in [1.82, 2.24) is 15.2 Å². The van der Waals surface area contributed by atoms with Crippen LogP contribution in [0.2, 0.25) is 10.0 Å². The molecule has 0 aliphatic carbocycles. The monoisotopic (exact) mass is 620 g/mol. The highest BCUT2D eigenvalue weighted by molar-refractivity contribution is 9.10. The summed E-state index contributed by atoms with van der Waals surface area (Å²) < 4.78 is 6.79. The number of benzene rings is 2. The van der Waals surface area contributed by atoms with E-state index in [4.69, 9.17) is 27.9 Å². The molecule has 1 aliphatic rings. The van der Waals surface area contributed by atoms with Crippen LogP contribution < -0.4 is 15.0 Å². The molecule has 38 heavy (non-hydrogen) atoms. The van der Waals surface area contributed by atoms with E-state index in [-0.39, 0.29) is 19.2 Å². The number of rotatable bonds is 7. The van der Waals surface area contributed by atoms with Crippen molar-refractivity contribution < 1.29 is 19.4 Å². The SMILES string of the molecule is CN(Cc1ccc(Br)cc1Oc1cc(Cl)cc(Cl)c1)C(=O)C(=O)NCc1ccnc(N2CCCC(O)C2)c1. The third-order valence-corrected chi connectivity index (χ3v) is 6.95. The van der Waals surface area contributed by atoms with Crippen LogP contribution in [-0.4, -0.2) is 53.0 Å². The number of aliphatic hydroxyl groups is 1. The summed E-state index contributed by atoms with van der Waals surface area (Å²) in [6, 6.07) is 13.9. The number of pyridine rings is 1. The number of hydrogen-bond acceptors (Lipinski definition) is 6. The minimum Gasteiger partial charge on any atom is -0.457 e. The van der Waals surface area contributed by atoms with Gasteiger partial charge in [0.25, 0.3) is 0 Å². The minimum absolute atomic E-state index is 0.139. The van der Waals surface area contributed by atoms with Crippen LogP contribution in [0.25, 0.3) is 0 Å². The Bertz CT molecular complexity index is 1310. The van der Waals surface area contributed by atoms with Gasteiger partial charge in [-0.15, -0.1) is 0 Å². The number of nitrogens with one attached hydrogen (secondary N) is 1. The molecule has 0 saturated carbocycles. The fourth-order valence-corrected chi connectivity index (χ4v) is 4.98. The van der Waals surface area contributed by atoms with Crippen LogP contribution in [0.15, 0.2) is 59.2 Å². The summed E-state index contributed by atoms with van der Waals surface area (Å²) >= 11 is 15.6. The van der Waals surface area contributed by atoms with E-state index in [1.54, 1.807) is 43.6 Å². The second-order valence-corrected chi connectivity index (χ2v) is 10.9. The first kappa shape index (κ1) is 28.2. The number of aromatic nitrogens is 1. The second-order valence-electron chi connectivity index (χ2n) is 9.07. The van der Waals surface area contributed by atoms with Crippen LogP contribution in [0.3, 0.4) is 0 Å². The number of aliphatic hydroxyl groups excluding tert-OH is 1. The molecule has 1 fully saturated rings. The standard InChI is InChI=1S/C27H27BrCl2N4O4/c1-33(15-18-4-5-19(28)10-24(18)38-23-12-20(29)11-21(30)13-23)27(37)26(36)32-14-17-6-7-31-25(9-17)34-8-2-3-22(35)16-34/h4-7,9-13,22,35H,2-3,8,14-16H2,1H3,(H,32,36). The minimum atomic E-state index is -0.722. The number of hydrogen-bond donors (Lipinski definition) is 2. The molecule has 0 spiro atoms. The third kappa shape index (κ3) is 7.60. The van der Waals surface area contributed by atoms with Crippen LogP contribution in [0.5, 0.6) is 11.5 Å². The molecule has 4 rings (SSSR count). The fraction of sp³-hybridized carbons (Fsp3) is 0.296. The zero-order valence-electron chi connectivity index (χ0n) is 20.7. The molecule has 2 aromatic carbocycles. The van der Waals surface area contributed by atoms with Crippen LogP contribution >= 0.6 is 39.1 Å². The van der Waals surface area contributed by atoms with Crippen LogP contribution in [-0.2, 0) is 22.7 Å². The van der Waals surface area contributed by atoms with E-state index in [1.807, 2.05) is 23.1 Å². The number of nitrogens with zero attached hydrogens (tertiary/aromatic N) is 3. The number of anilines is 1. The van der Waals surface area contributed by atoms with Crippen molar-refractivity contribution in [2.45, 2.75) is 32.0 Å². The van der Waals surface area contributed by atoms with Gasteiger partial charge < -0.3 is 25.0 Å². The Labute approximate surface area is 239 Å². The maximum absolute atomic E-state index is 12.8. The van der Waals surface area contributed by atoms with E-state index < -0.39 is 11.8 Å². The lowest BCUT2D eigenvalue weighted by atomic mass is 10.1. The molecule has 11 heteroatoms. The van der Waals surface area contributed by atoms with Gasteiger partial charge in [-0.3, -0.25) is 9.59 Å². The molecule has 1 aromatic heterocycles. The summed E-state index contributed by atoms with van der Waals surface area (Å²) in [7, 11) is 1.55. The molecular weight excluding hydrogens is 595 g/mol. The number of piperidine rings is 1. The molecule has 2 heterocycles. The van der Waals surface area contributed by atoms with Gasteiger partial charge in [0, 0.05) is 59.5 Å². The number of carbonyl (C=O) groups is 2. The van der Waals surface area contributed by atoms with Gasteiger partial charge in [0.15, 0.2) is 0 Å². The molecule has 8 nitrogen and oxygen atoms in total. The van der Waals surface area contributed by atoms with E-state index in [0.717, 1.165) is 35.2 Å². The van der Waals surface area contributed by atoms with Gasteiger partial charge in [-0.1, -0.05) is 45.2 Å². The van der Waals surface area contributed by atoms with Crippen molar-refractivity contribution in [3.05, 3.63) is 80.4 Å². The second kappa shape index (κ2) is 12.8. The van der Waals surface area contributed by atoms with Crippen LogP contribution in [0.1, 0.15) is 24.0 Å². The van der Waals surface area contributed by atoms with Gasteiger partial charge in [0.05, 0.1) is 6.10 Å². The van der Waals surface area contributed by atoms with Gasteiger partial charge in [-0.05, 0) is 60.9 Å². The highest BCUT2D eigenvalue weighted by Gasteiger charge is 2.21. The number of likely N-dealkylation sites (N-methyl/N-ethyl adjacent to an activating group) is 1. The summed E-state index contributed by atoms with van der Waals surface area (Å²) in [6.45, 7) is 1.65. The molecule has 1 unspecified atom stereocenters. The van der Waals surface area contributed by atoms with E-state index in [0.29, 0.717) is 33.7 Å². The number of ether oxygens (including phenoxy) is 1. The maximum Gasteiger partial charge on any atom is 0.311 e. The van der Waals surface area contributed by atoms with Gasteiger partial charge in [0.2, 0.25) is 0 Å². The predicted molar refractivity (Wildman–Crippen MR) is 151 cm³/mol. The van der Waals surface area contributed by atoms with Crippen molar-refractivity contribution in [1.29, 1.82) is 0 Å². The van der Waals surface area contributed by atoms with Gasteiger partial charge in [-0.2, -0.15) is 0 Å². The molecule has 0 bridgehead atoms. The Morgan fingerprint density at radius 3 is 2.68 bits per heavy atom. The molecular formula is C27H27BrCl2N4O4. The Balaban J connectivity index is 1.38. The number of halogens is 3. The summed E-state index contributed by atoms with van der Waals surface area (Å²) in [5, 5.41) is 13.5. The molecule has 1 atom stereocenters. The predicted octanol–water partition coefficient (Wildman–Crippen LogP) is 5.18. The number of amides is 2.